The average Bonchev–Trinajstić information content (AvgIpc) is 2.75. The molecule has 6 nitrogen and oxygen atoms in total. The molecule has 1 aromatic rings. The molecule has 0 aromatic carbocycles. The third-order valence-electron chi connectivity index (χ3n) is 3.12. The first kappa shape index (κ1) is 17.7. The second kappa shape index (κ2) is 5.79. The molecule has 0 unspecified atom stereocenters. The summed E-state index contributed by atoms with van der Waals surface area (Å²) in [6, 6.07) is 0. The summed E-state index contributed by atoms with van der Waals surface area (Å²) in [5, 5.41) is 6.76. The highest BCUT2D eigenvalue weighted by Crippen LogP contribution is 2.15. The predicted molar refractivity (Wildman–Crippen MR) is 83.1 cm³/mol. The molecule has 0 aliphatic heterocycles. The molecule has 0 fully saturated rings. The number of nitrogens with zero attached hydrogens (tertiary/aromatic N) is 2. The van der Waals surface area contributed by atoms with E-state index in [1.54, 1.807) is 31.6 Å². The van der Waals surface area contributed by atoms with E-state index in [1.165, 1.54) is 6.20 Å². The highest BCUT2D eigenvalue weighted by atomic mass is 32.2. The summed E-state index contributed by atoms with van der Waals surface area (Å²) in [6.45, 7) is 11.0. The number of sulfone groups is 1. The molecule has 1 amide bonds. The summed E-state index contributed by atoms with van der Waals surface area (Å²) in [5.41, 5.74) is 0.228. The minimum Gasteiger partial charge on any atom is -0.351 e. The first-order valence-corrected chi connectivity index (χ1v) is 8.55. The molecule has 0 aliphatic rings. The zero-order valence-electron chi connectivity index (χ0n) is 13.6. The molecule has 0 radical (unpaired) electrons. The van der Waals surface area contributed by atoms with Crippen LogP contribution in [0.5, 0.6) is 0 Å². The van der Waals surface area contributed by atoms with Gasteiger partial charge in [-0.3, -0.25) is 9.48 Å². The number of carbonyl (C=O) groups is 1. The lowest BCUT2D eigenvalue weighted by atomic mass is 10.1. The minimum atomic E-state index is -3.23. The maximum atomic E-state index is 12.0. The van der Waals surface area contributed by atoms with Crippen molar-refractivity contribution in [3.05, 3.63) is 18.0 Å². The summed E-state index contributed by atoms with van der Waals surface area (Å²) in [7, 11) is -3.23. The second-order valence-electron chi connectivity index (χ2n) is 7.03. The molecular formula is C14H25N3O3S. The molecule has 1 N–H and O–H groups in total. The summed E-state index contributed by atoms with van der Waals surface area (Å²) >= 11 is 0. The second-order valence-corrected chi connectivity index (χ2v) is 9.89. The number of hydrogen-bond acceptors (Lipinski definition) is 4. The van der Waals surface area contributed by atoms with Crippen LogP contribution in [0.15, 0.2) is 12.4 Å². The Morgan fingerprint density at radius 2 is 1.81 bits per heavy atom. The fraction of sp³-hybridized carbons (Fsp3) is 0.714. The monoisotopic (exact) mass is 315 g/mol. The van der Waals surface area contributed by atoms with Gasteiger partial charge in [-0.25, -0.2) is 8.42 Å². The van der Waals surface area contributed by atoms with E-state index in [0.717, 1.165) is 0 Å². The Morgan fingerprint density at radius 1 is 1.24 bits per heavy atom. The van der Waals surface area contributed by atoms with Crippen LogP contribution in [0, 0.1) is 0 Å². The summed E-state index contributed by atoms with van der Waals surface area (Å²) in [4.78, 5) is 12.0. The molecule has 120 valence electrons. The summed E-state index contributed by atoms with van der Waals surface area (Å²) < 4.78 is 24.8. The van der Waals surface area contributed by atoms with E-state index in [-0.39, 0.29) is 23.7 Å². The van der Waals surface area contributed by atoms with Gasteiger partial charge in [0.25, 0.3) is 5.91 Å². The molecule has 0 aliphatic carbocycles. The van der Waals surface area contributed by atoms with Crippen molar-refractivity contribution >= 4 is 15.7 Å². The van der Waals surface area contributed by atoms with E-state index in [2.05, 4.69) is 10.4 Å². The van der Waals surface area contributed by atoms with Crippen LogP contribution in [0.3, 0.4) is 0 Å². The lowest BCUT2D eigenvalue weighted by Crippen LogP contribution is -2.36. The maximum Gasteiger partial charge on any atom is 0.254 e. The Labute approximate surface area is 126 Å². The molecule has 0 saturated heterocycles. The van der Waals surface area contributed by atoms with Gasteiger partial charge in [-0.05, 0) is 41.5 Å². The molecule has 21 heavy (non-hydrogen) atoms. The van der Waals surface area contributed by atoms with E-state index in [1.807, 2.05) is 20.8 Å². The van der Waals surface area contributed by atoms with Crippen molar-refractivity contribution < 1.29 is 13.2 Å². The van der Waals surface area contributed by atoms with Crippen LogP contribution < -0.4 is 5.32 Å². The number of rotatable bonds is 4. The maximum absolute atomic E-state index is 12.0. The molecular weight excluding hydrogens is 290 g/mol. The quantitative estimate of drug-likeness (QED) is 0.914. The first-order valence-electron chi connectivity index (χ1n) is 6.90. The van der Waals surface area contributed by atoms with E-state index >= 15 is 0 Å². The van der Waals surface area contributed by atoms with E-state index in [4.69, 9.17) is 0 Å². The fourth-order valence-electron chi connectivity index (χ4n) is 1.51. The number of aromatic nitrogens is 2. The smallest absolute Gasteiger partial charge is 0.254 e. The minimum absolute atomic E-state index is 0.0738. The van der Waals surface area contributed by atoms with Gasteiger partial charge in [0, 0.05) is 12.7 Å². The lowest BCUT2D eigenvalue weighted by Gasteiger charge is -2.19. The largest absolute Gasteiger partial charge is 0.351 e. The predicted octanol–water partition coefficient (Wildman–Crippen LogP) is 1.58. The first-order chi connectivity index (χ1) is 9.34. The Morgan fingerprint density at radius 3 is 2.24 bits per heavy atom. The van der Waals surface area contributed by atoms with Gasteiger partial charge in [-0.15, -0.1) is 0 Å². The van der Waals surface area contributed by atoms with Crippen molar-refractivity contribution in [3.8, 4) is 0 Å². The van der Waals surface area contributed by atoms with Gasteiger partial charge in [-0.2, -0.15) is 5.10 Å². The molecule has 0 bridgehead atoms. The van der Waals surface area contributed by atoms with Gasteiger partial charge in [0.15, 0.2) is 9.84 Å². The zero-order valence-corrected chi connectivity index (χ0v) is 14.4. The third-order valence-corrected chi connectivity index (χ3v) is 5.73. The Bertz CT molecular complexity index is 604. The lowest BCUT2D eigenvalue weighted by molar-refractivity contribution is 0.0956. The Hall–Kier alpha value is -1.37. The van der Waals surface area contributed by atoms with Crippen molar-refractivity contribution in [2.24, 2.45) is 0 Å². The van der Waals surface area contributed by atoms with Crippen molar-refractivity contribution in [2.45, 2.75) is 51.8 Å². The molecule has 7 heteroatoms. The van der Waals surface area contributed by atoms with Crippen molar-refractivity contribution in [1.29, 1.82) is 0 Å². The Kier molecular flexibility index (Phi) is 4.87. The highest BCUT2D eigenvalue weighted by Gasteiger charge is 2.28. The van der Waals surface area contributed by atoms with Crippen LogP contribution in [0.25, 0.3) is 0 Å². The molecule has 1 aromatic heterocycles. The average molecular weight is 315 g/mol. The van der Waals surface area contributed by atoms with Crippen LogP contribution in [0.4, 0.5) is 0 Å². The van der Waals surface area contributed by atoms with Gasteiger partial charge in [0.1, 0.15) is 0 Å². The molecule has 0 saturated carbocycles. The normalized spacial score (nSPS) is 13.2. The summed E-state index contributed by atoms with van der Waals surface area (Å²) in [6.07, 6.45) is 3.15. The SMILES string of the molecule is CC(C)(C)n1cc(C(=O)NCCS(=O)(=O)C(C)(C)C)cn1. The molecule has 1 heterocycles. The number of hydrogen-bond donors (Lipinski definition) is 1. The molecule has 1 rings (SSSR count). The van der Waals surface area contributed by atoms with Gasteiger partial charge in [0.2, 0.25) is 0 Å². The van der Waals surface area contributed by atoms with Crippen LogP contribution >= 0.6 is 0 Å². The van der Waals surface area contributed by atoms with Gasteiger partial charge < -0.3 is 5.32 Å². The standard InChI is InChI=1S/C14H25N3O3S/c1-13(2,3)17-10-11(9-16-17)12(18)15-7-8-21(19,20)14(4,5)6/h9-10H,7-8H2,1-6H3,(H,15,18). The molecule has 0 atom stereocenters. The van der Waals surface area contributed by atoms with Crippen molar-refractivity contribution in [3.63, 3.8) is 0 Å². The van der Waals surface area contributed by atoms with Crippen molar-refractivity contribution in [1.82, 2.24) is 15.1 Å². The third kappa shape index (κ3) is 4.56. The zero-order chi connectivity index (χ0) is 16.5. The van der Waals surface area contributed by atoms with Gasteiger partial charge in [-0.1, -0.05) is 0 Å². The van der Waals surface area contributed by atoms with Crippen LogP contribution in [0.1, 0.15) is 51.9 Å². The fourth-order valence-corrected chi connectivity index (χ4v) is 2.50. The topological polar surface area (TPSA) is 81.1 Å². The van der Waals surface area contributed by atoms with Crippen LogP contribution in [0.2, 0.25) is 0 Å². The van der Waals surface area contributed by atoms with Gasteiger partial charge in [0.05, 0.1) is 27.8 Å². The Balaban J connectivity index is 2.62. The van der Waals surface area contributed by atoms with Crippen molar-refractivity contribution in [2.75, 3.05) is 12.3 Å². The van der Waals surface area contributed by atoms with E-state index in [0.29, 0.717) is 5.56 Å². The number of amides is 1. The van der Waals surface area contributed by atoms with Gasteiger partial charge >= 0.3 is 0 Å². The van der Waals surface area contributed by atoms with E-state index < -0.39 is 14.6 Å². The van der Waals surface area contributed by atoms with Crippen LogP contribution in [-0.4, -0.2) is 41.2 Å². The number of nitrogens with one attached hydrogen (secondary N) is 1. The van der Waals surface area contributed by atoms with E-state index in [9.17, 15) is 13.2 Å². The molecule has 0 spiro atoms. The van der Waals surface area contributed by atoms with Crippen LogP contribution in [-0.2, 0) is 15.4 Å². The number of carbonyl (C=O) groups excluding carboxylic acids is 1. The summed E-state index contributed by atoms with van der Waals surface area (Å²) in [5.74, 6) is -0.384. The highest BCUT2D eigenvalue weighted by molar-refractivity contribution is 7.92.